The second-order valence-corrected chi connectivity index (χ2v) is 5.57. The smallest absolute Gasteiger partial charge is 0.323 e. The number of rotatable bonds is 8. The first-order valence-corrected chi connectivity index (χ1v) is 7.04. The van der Waals surface area contributed by atoms with Gasteiger partial charge in [0.1, 0.15) is 11.3 Å². The summed E-state index contributed by atoms with van der Waals surface area (Å²) in [7, 11) is 1.67. The van der Waals surface area contributed by atoms with Crippen molar-refractivity contribution in [2.24, 2.45) is 0 Å². The number of aliphatic carboxylic acids is 1. The molecular weight excluding hydrogens is 254 g/mol. The normalized spacial score (nSPS) is 14.1. The van der Waals surface area contributed by atoms with E-state index in [1.807, 2.05) is 18.2 Å². The Labute approximate surface area is 121 Å². The molecule has 0 fully saturated rings. The van der Waals surface area contributed by atoms with Crippen molar-refractivity contribution in [3.05, 3.63) is 29.8 Å². The Balaban J connectivity index is 2.45. The van der Waals surface area contributed by atoms with Crippen molar-refractivity contribution in [2.45, 2.75) is 45.1 Å². The Morgan fingerprint density at radius 2 is 2.15 bits per heavy atom. The monoisotopic (exact) mass is 279 g/mol. The van der Waals surface area contributed by atoms with E-state index in [0.717, 1.165) is 5.75 Å². The van der Waals surface area contributed by atoms with E-state index in [0.29, 0.717) is 25.4 Å². The zero-order valence-electron chi connectivity index (χ0n) is 12.8. The van der Waals surface area contributed by atoms with Crippen LogP contribution in [0.3, 0.4) is 0 Å². The molecule has 4 heteroatoms. The van der Waals surface area contributed by atoms with Crippen LogP contribution in [0.25, 0.3) is 0 Å². The standard InChI is InChI=1S/C16H25NO3/c1-12(2)13-7-5-8-14(11-13)20-10-6-9-16(3,17-4)15(18)19/h5,7-8,11-12,17H,6,9-10H2,1-4H3,(H,18,19). The molecule has 0 aliphatic heterocycles. The maximum absolute atomic E-state index is 11.1. The summed E-state index contributed by atoms with van der Waals surface area (Å²) < 4.78 is 5.70. The van der Waals surface area contributed by atoms with Crippen LogP contribution in [0.1, 0.15) is 45.1 Å². The molecule has 112 valence electrons. The van der Waals surface area contributed by atoms with Crippen LogP contribution in [0.15, 0.2) is 24.3 Å². The number of hydrogen-bond donors (Lipinski definition) is 2. The zero-order chi connectivity index (χ0) is 15.2. The van der Waals surface area contributed by atoms with E-state index < -0.39 is 11.5 Å². The van der Waals surface area contributed by atoms with Crippen LogP contribution in [0, 0.1) is 0 Å². The third-order valence-electron chi connectivity index (χ3n) is 3.64. The fourth-order valence-corrected chi connectivity index (χ4v) is 1.92. The van der Waals surface area contributed by atoms with Gasteiger partial charge in [0.05, 0.1) is 6.61 Å². The molecule has 0 saturated carbocycles. The SMILES string of the molecule is CNC(C)(CCCOc1cccc(C(C)C)c1)C(=O)O. The maximum atomic E-state index is 11.1. The summed E-state index contributed by atoms with van der Waals surface area (Å²) in [6, 6.07) is 8.04. The molecule has 1 aromatic rings. The molecular formula is C16H25NO3. The molecule has 0 radical (unpaired) electrons. The largest absolute Gasteiger partial charge is 0.494 e. The molecule has 1 unspecified atom stereocenters. The van der Waals surface area contributed by atoms with Gasteiger partial charge in [-0.1, -0.05) is 26.0 Å². The maximum Gasteiger partial charge on any atom is 0.323 e. The highest BCUT2D eigenvalue weighted by molar-refractivity contribution is 5.78. The minimum Gasteiger partial charge on any atom is -0.494 e. The van der Waals surface area contributed by atoms with Gasteiger partial charge in [-0.05, 0) is 50.4 Å². The summed E-state index contributed by atoms with van der Waals surface area (Å²) in [5.41, 5.74) is 0.358. The predicted molar refractivity (Wildman–Crippen MR) is 80.4 cm³/mol. The van der Waals surface area contributed by atoms with Gasteiger partial charge in [0.25, 0.3) is 0 Å². The fourth-order valence-electron chi connectivity index (χ4n) is 1.92. The summed E-state index contributed by atoms with van der Waals surface area (Å²) in [5, 5.41) is 12.0. The van der Waals surface area contributed by atoms with Crippen LogP contribution < -0.4 is 10.1 Å². The fraction of sp³-hybridized carbons (Fsp3) is 0.562. The predicted octanol–water partition coefficient (Wildman–Crippen LogP) is 3.03. The van der Waals surface area contributed by atoms with Gasteiger partial charge in [0.15, 0.2) is 0 Å². The van der Waals surface area contributed by atoms with Gasteiger partial charge in [-0.25, -0.2) is 0 Å². The molecule has 20 heavy (non-hydrogen) atoms. The van der Waals surface area contributed by atoms with Gasteiger partial charge in [0, 0.05) is 0 Å². The lowest BCUT2D eigenvalue weighted by atomic mass is 9.96. The minimum absolute atomic E-state index is 0.471. The summed E-state index contributed by atoms with van der Waals surface area (Å²) >= 11 is 0. The zero-order valence-corrected chi connectivity index (χ0v) is 12.8. The third-order valence-corrected chi connectivity index (χ3v) is 3.64. The van der Waals surface area contributed by atoms with Crippen LogP contribution in [0.2, 0.25) is 0 Å². The Bertz CT molecular complexity index is 445. The van der Waals surface area contributed by atoms with Crippen LogP contribution in [-0.4, -0.2) is 30.3 Å². The molecule has 0 bridgehead atoms. The number of carboxylic acids is 1. The number of carboxylic acid groups (broad SMARTS) is 1. The van der Waals surface area contributed by atoms with Crippen molar-refractivity contribution < 1.29 is 14.6 Å². The molecule has 0 aliphatic carbocycles. The van der Waals surface area contributed by atoms with Gasteiger partial charge in [-0.3, -0.25) is 4.79 Å². The summed E-state index contributed by atoms with van der Waals surface area (Å²) in [5.74, 6) is 0.484. The lowest BCUT2D eigenvalue weighted by molar-refractivity contribution is -0.144. The van der Waals surface area contributed by atoms with Gasteiger partial charge in [0.2, 0.25) is 0 Å². The highest BCUT2D eigenvalue weighted by atomic mass is 16.5. The van der Waals surface area contributed by atoms with Crippen LogP contribution in [-0.2, 0) is 4.79 Å². The van der Waals surface area contributed by atoms with E-state index in [4.69, 9.17) is 9.84 Å². The van der Waals surface area contributed by atoms with Crippen molar-refractivity contribution in [1.82, 2.24) is 5.32 Å². The first-order valence-electron chi connectivity index (χ1n) is 7.04. The number of hydrogen-bond acceptors (Lipinski definition) is 3. The quantitative estimate of drug-likeness (QED) is 0.718. The highest BCUT2D eigenvalue weighted by Gasteiger charge is 2.30. The van der Waals surface area contributed by atoms with Gasteiger partial charge < -0.3 is 15.2 Å². The first kappa shape index (κ1) is 16.5. The molecule has 0 saturated heterocycles. The summed E-state index contributed by atoms with van der Waals surface area (Å²) in [4.78, 5) is 11.1. The molecule has 4 nitrogen and oxygen atoms in total. The van der Waals surface area contributed by atoms with E-state index in [-0.39, 0.29) is 0 Å². The number of carbonyl (C=O) groups is 1. The van der Waals surface area contributed by atoms with Crippen molar-refractivity contribution in [3.8, 4) is 5.75 Å². The van der Waals surface area contributed by atoms with Crippen molar-refractivity contribution in [3.63, 3.8) is 0 Å². The average molecular weight is 279 g/mol. The molecule has 1 rings (SSSR count). The lowest BCUT2D eigenvalue weighted by Gasteiger charge is -2.23. The van der Waals surface area contributed by atoms with Crippen LogP contribution in [0.5, 0.6) is 5.75 Å². The Morgan fingerprint density at radius 3 is 2.70 bits per heavy atom. The van der Waals surface area contributed by atoms with Gasteiger partial charge in [-0.2, -0.15) is 0 Å². The molecule has 0 amide bonds. The average Bonchev–Trinajstić information content (AvgIpc) is 2.43. The van der Waals surface area contributed by atoms with Gasteiger partial charge in [-0.15, -0.1) is 0 Å². The summed E-state index contributed by atoms with van der Waals surface area (Å²) in [6.45, 7) is 6.50. The van der Waals surface area contributed by atoms with E-state index in [1.54, 1.807) is 14.0 Å². The Hall–Kier alpha value is -1.55. The minimum atomic E-state index is -0.886. The van der Waals surface area contributed by atoms with Crippen LogP contribution in [0.4, 0.5) is 0 Å². The topological polar surface area (TPSA) is 58.6 Å². The van der Waals surface area contributed by atoms with Crippen molar-refractivity contribution >= 4 is 5.97 Å². The Morgan fingerprint density at radius 1 is 1.45 bits per heavy atom. The molecule has 0 heterocycles. The first-order chi connectivity index (χ1) is 9.39. The molecule has 0 aromatic heterocycles. The molecule has 1 aromatic carbocycles. The third kappa shape index (κ3) is 4.53. The van der Waals surface area contributed by atoms with E-state index in [2.05, 4.69) is 25.2 Å². The number of ether oxygens (including phenoxy) is 1. The van der Waals surface area contributed by atoms with E-state index >= 15 is 0 Å². The highest BCUT2D eigenvalue weighted by Crippen LogP contribution is 2.20. The number of benzene rings is 1. The second-order valence-electron chi connectivity index (χ2n) is 5.57. The lowest BCUT2D eigenvalue weighted by Crippen LogP contribution is -2.47. The van der Waals surface area contributed by atoms with Gasteiger partial charge >= 0.3 is 5.97 Å². The number of likely N-dealkylation sites (N-methyl/N-ethyl adjacent to an activating group) is 1. The Kier molecular flexibility index (Phi) is 6.02. The molecule has 0 aliphatic rings. The van der Waals surface area contributed by atoms with E-state index in [9.17, 15) is 4.79 Å². The molecule has 0 spiro atoms. The van der Waals surface area contributed by atoms with Crippen molar-refractivity contribution in [2.75, 3.05) is 13.7 Å². The second kappa shape index (κ2) is 7.29. The number of nitrogens with one attached hydrogen (secondary N) is 1. The van der Waals surface area contributed by atoms with E-state index in [1.165, 1.54) is 5.56 Å². The van der Waals surface area contributed by atoms with Crippen LogP contribution >= 0.6 is 0 Å². The van der Waals surface area contributed by atoms with Crippen molar-refractivity contribution in [1.29, 1.82) is 0 Å². The summed E-state index contributed by atoms with van der Waals surface area (Å²) in [6.07, 6.45) is 1.22. The molecule has 2 N–H and O–H groups in total. The molecule has 1 atom stereocenters.